The van der Waals surface area contributed by atoms with Gasteiger partial charge >= 0.3 is 0 Å². The molecule has 0 fully saturated rings. The van der Waals surface area contributed by atoms with Gasteiger partial charge in [-0.05, 0) is 24.6 Å². The number of hydrogen-bond acceptors (Lipinski definition) is 5. The van der Waals surface area contributed by atoms with Crippen LogP contribution in [0.15, 0.2) is 23.1 Å². The number of nitriles is 1. The minimum absolute atomic E-state index is 0.0608. The molecule has 1 aromatic rings. The van der Waals surface area contributed by atoms with E-state index in [-0.39, 0.29) is 29.2 Å². The Balaban J connectivity index is 2.77. The van der Waals surface area contributed by atoms with Crippen molar-refractivity contribution in [2.45, 2.75) is 11.3 Å². The van der Waals surface area contributed by atoms with Crippen LogP contribution in [0, 0.1) is 17.1 Å². The van der Waals surface area contributed by atoms with E-state index in [1.165, 1.54) is 0 Å². The summed E-state index contributed by atoms with van der Waals surface area (Å²) in [6.45, 7) is -0.0608. The quantitative estimate of drug-likeness (QED) is 0.765. The molecule has 0 spiro atoms. The molecule has 0 radical (unpaired) electrons. The van der Waals surface area contributed by atoms with Crippen LogP contribution in [-0.4, -0.2) is 35.4 Å². The molecule has 6 nitrogen and oxygen atoms in total. The molecule has 0 unspecified atom stereocenters. The smallest absolute Gasteiger partial charge is 0.229 e. The second-order valence-electron chi connectivity index (χ2n) is 4.13. The largest absolute Gasteiger partial charge is 0.240 e. The number of halogens is 1. The number of sulfonamides is 1. The van der Waals surface area contributed by atoms with Gasteiger partial charge < -0.3 is 0 Å². The highest BCUT2D eigenvalue weighted by Crippen LogP contribution is 2.14. The van der Waals surface area contributed by atoms with E-state index in [0.717, 1.165) is 24.5 Å². The molecular weight excluding hydrogens is 307 g/mol. The normalized spacial score (nSPS) is 12.1. The Morgan fingerprint density at radius 1 is 1.30 bits per heavy atom. The van der Waals surface area contributed by atoms with Gasteiger partial charge in [0.1, 0.15) is 21.7 Å². The third kappa shape index (κ3) is 4.88. The van der Waals surface area contributed by atoms with Crippen molar-refractivity contribution in [2.24, 2.45) is 0 Å². The lowest BCUT2D eigenvalue weighted by atomic mass is 10.2. The van der Waals surface area contributed by atoms with Gasteiger partial charge in [-0.1, -0.05) is 0 Å². The van der Waals surface area contributed by atoms with Crippen LogP contribution >= 0.6 is 0 Å². The molecule has 1 rings (SSSR count). The summed E-state index contributed by atoms with van der Waals surface area (Å²) in [5.74, 6) is -0.939. The number of rotatable bonds is 6. The van der Waals surface area contributed by atoms with Crippen LogP contribution < -0.4 is 4.72 Å². The summed E-state index contributed by atoms with van der Waals surface area (Å²) in [7, 11) is -7.04. The first-order valence-corrected chi connectivity index (χ1v) is 9.07. The zero-order chi connectivity index (χ0) is 15.4. The molecule has 0 aliphatic carbocycles. The van der Waals surface area contributed by atoms with Crippen LogP contribution in [-0.2, 0) is 19.9 Å². The molecule has 9 heteroatoms. The van der Waals surface area contributed by atoms with Gasteiger partial charge in [-0.2, -0.15) is 5.26 Å². The summed E-state index contributed by atoms with van der Waals surface area (Å²) in [6.07, 6.45) is 1.19. The molecule has 1 N–H and O–H groups in total. The van der Waals surface area contributed by atoms with Crippen LogP contribution in [0.2, 0.25) is 0 Å². The molecule has 0 aromatic heterocycles. The Morgan fingerprint density at radius 3 is 2.50 bits per heavy atom. The van der Waals surface area contributed by atoms with E-state index in [9.17, 15) is 21.2 Å². The molecule has 0 atom stereocenters. The SMILES string of the molecule is CS(=O)(=O)CCCNS(=O)(=O)c1ccc(F)c(C#N)c1. The van der Waals surface area contributed by atoms with E-state index in [1.807, 2.05) is 0 Å². The second-order valence-corrected chi connectivity index (χ2v) is 8.16. The molecule has 0 heterocycles. The lowest BCUT2D eigenvalue weighted by molar-refractivity contribution is 0.576. The van der Waals surface area contributed by atoms with Crippen molar-refractivity contribution in [3.05, 3.63) is 29.6 Å². The molecule has 20 heavy (non-hydrogen) atoms. The van der Waals surface area contributed by atoms with Crippen LogP contribution in [0.25, 0.3) is 0 Å². The van der Waals surface area contributed by atoms with E-state index in [4.69, 9.17) is 5.26 Å². The van der Waals surface area contributed by atoms with Crippen LogP contribution in [0.5, 0.6) is 0 Å². The van der Waals surface area contributed by atoms with Crippen molar-refractivity contribution in [3.8, 4) is 6.07 Å². The maximum Gasteiger partial charge on any atom is 0.240 e. The third-order valence-electron chi connectivity index (χ3n) is 2.35. The van der Waals surface area contributed by atoms with Gasteiger partial charge in [0, 0.05) is 12.8 Å². The number of benzene rings is 1. The average Bonchev–Trinajstić information content (AvgIpc) is 2.34. The lowest BCUT2D eigenvalue weighted by Crippen LogP contribution is -2.26. The Kier molecular flexibility index (Phi) is 5.21. The highest BCUT2D eigenvalue weighted by Gasteiger charge is 2.16. The number of sulfone groups is 1. The van der Waals surface area contributed by atoms with Crippen molar-refractivity contribution >= 4 is 19.9 Å². The fourth-order valence-corrected chi connectivity index (χ4v) is 3.15. The maximum atomic E-state index is 13.1. The molecule has 0 saturated heterocycles. The monoisotopic (exact) mass is 320 g/mol. The van der Waals surface area contributed by atoms with E-state index in [2.05, 4.69) is 4.72 Å². The van der Waals surface area contributed by atoms with Crippen molar-refractivity contribution in [1.29, 1.82) is 5.26 Å². The predicted molar refractivity (Wildman–Crippen MR) is 70.6 cm³/mol. The molecule has 0 saturated carbocycles. The summed E-state index contributed by atoms with van der Waals surface area (Å²) in [5, 5.41) is 8.64. The fraction of sp³-hybridized carbons (Fsp3) is 0.364. The number of nitrogens with one attached hydrogen (secondary N) is 1. The standard InChI is InChI=1S/C11H13FN2O4S2/c1-19(15,16)6-2-5-14-20(17,18)10-3-4-11(12)9(7-10)8-13/h3-4,7,14H,2,5-6H2,1H3. The minimum atomic E-state index is -3.89. The van der Waals surface area contributed by atoms with E-state index in [1.54, 1.807) is 6.07 Å². The fourth-order valence-electron chi connectivity index (χ4n) is 1.38. The summed E-state index contributed by atoms with van der Waals surface area (Å²) in [5.41, 5.74) is -0.371. The van der Waals surface area contributed by atoms with Crippen molar-refractivity contribution < 1.29 is 21.2 Å². The first-order valence-electron chi connectivity index (χ1n) is 5.53. The lowest BCUT2D eigenvalue weighted by Gasteiger charge is -2.07. The van der Waals surface area contributed by atoms with Gasteiger partial charge in [-0.3, -0.25) is 0 Å². The summed E-state index contributed by atoms with van der Waals surface area (Å²) in [6, 6.07) is 4.40. The number of hydrogen-bond donors (Lipinski definition) is 1. The van der Waals surface area contributed by atoms with Crippen molar-refractivity contribution in [2.75, 3.05) is 18.6 Å². The van der Waals surface area contributed by atoms with Gasteiger partial charge in [-0.25, -0.2) is 25.9 Å². The summed E-state index contributed by atoms with van der Waals surface area (Å²) < 4.78 is 60.8. The van der Waals surface area contributed by atoms with Crippen LogP contribution in [0.4, 0.5) is 4.39 Å². The van der Waals surface area contributed by atoms with Crippen LogP contribution in [0.3, 0.4) is 0 Å². The highest BCUT2D eigenvalue weighted by atomic mass is 32.2. The van der Waals surface area contributed by atoms with Gasteiger partial charge in [-0.15, -0.1) is 0 Å². The molecule has 110 valence electrons. The molecule has 0 bridgehead atoms. The Morgan fingerprint density at radius 2 is 1.95 bits per heavy atom. The van der Waals surface area contributed by atoms with Gasteiger partial charge in [0.05, 0.1) is 16.2 Å². The number of nitrogens with zero attached hydrogens (tertiary/aromatic N) is 1. The highest BCUT2D eigenvalue weighted by molar-refractivity contribution is 7.90. The second kappa shape index (κ2) is 6.30. The minimum Gasteiger partial charge on any atom is -0.229 e. The average molecular weight is 320 g/mol. The van der Waals surface area contributed by atoms with Crippen molar-refractivity contribution in [3.63, 3.8) is 0 Å². The van der Waals surface area contributed by atoms with Gasteiger partial charge in [0.25, 0.3) is 0 Å². The van der Waals surface area contributed by atoms with Gasteiger partial charge in [0.15, 0.2) is 0 Å². The van der Waals surface area contributed by atoms with E-state index in [0.29, 0.717) is 0 Å². The zero-order valence-electron chi connectivity index (χ0n) is 10.6. The molecule has 1 aromatic carbocycles. The third-order valence-corrected chi connectivity index (χ3v) is 4.84. The molecule has 0 aliphatic heterocycles. The first-order chi connectivity index (χ1) is 9.15. The Bertz CT molecular complexity index is 736. The predicted octanol–water partition coefficient (Wildman–Crippen LogP) is 0.410. The van der Waals surface area contributed by atoms with Crippen molar-refractivity contribution in [1.82, 2.24) is 4.72 Å². The topological polar surface area (TPSA) is 104 Å². The van der Waals surface area contributed by atoms with Crippen LogP contribution in [0.1, 0.15) is 12.0 Å². The molecular formula is C11H13FN2O4S2. The molecule has 0 aliphatic rings. The Hall–Kier alpha value is -1.50. The molecule has 0 amide bonds. The summed E-state index contributed by atoms with van der Waals surface area (Å²) >= 11 is 0. The van der Waals surface area contributed by atoms with E-state index >= 15 is 0 Å². The summed E-state index contributed by atoms with van der Waals surface area (Å²) in [4.78, 5) is -0.241. The zero-order valence-corrected chi connectivity index (χ0v) is 12.3. The maximum absolute atomic E-state index is 13.1. The first kappa shape index (κ1) is 16.6. The van der Waals surface area contributed by atoms with Gasteiger partial charge in [0.2, 0.25) is 10.0 Å². The van der Waals surface area contributed by atoms with E-state index < -0.39 is 25.7 Å². The Labute approximate surface area is 117 Å².